The molecule has 1 aliphatic rings. The zero-order valence-corrected chi connectivity index (χ0v) is 12.6. The monoisotopic (exact) mass is 312 g/mol. The highest BCUT2D eigenvalue weighted by Crippen LogP contribution is 2.29. The van der Waals surface area contributed by atoms with E-state index in [4.69, 9.17) is 4.74 Å². The second-order valence-corrected chi connectivity index (χ2v) is 5.52. The average molecular weight is 313 g/mol. The van der Waals surface area contributed by atoms with Crippen molar-refractivity contribution in [1.82, 2.24) is 4.90 Å². The minimum Gasteiger partial charge on any atom is -0.443 e. The summed E-state index contributed by atoms with van der Waals surface area (Å²) in [6.45, 7) is 10.9. The van der Waals surface area contributed by atoms with Crippen molar-refractivity contribution in [1.29, 1.82) is 0 Å². The third kappa shape index (κ3) is 3.32. The number of rotatable bonds is 1. The molecule has 0 aromatic heterocycles. The summed E-state index contributed by atoms with van der Waals surface area (Å²) in [7, 11) is 0. The van der Waals surface area contributed by atoms with Gasteiger partial charge in [-0.2, -0.15) is 0 Å². The van der Waals surface area contributed by atoms with Crippen LogP contribution < -0.4 is 0 Å². The molecule has 0 unspecified atom stereocenters. The number of hydrogen-bond acceptors (Lipinski definition) is 3. The van der Waals surface area contributed by atoms with Gasteiger partial charge in [-0.1, -0.05) is 12.7 Å². The maximum Gasteiger partial charge on any atom is 0.420 e. The minimum atomic E-state index is -0.546. The van der Waals surface area contributed by atoms with Gasteiger partial charge in [-0.05, 0) is 43.6 Å². The van der Waals surface area contributed by atoms with Crippen LogP contribution in [0.2, 0.25) is 0 Å². The van der Waals surface area contributed by atoms with Gasteiger partial charge in [0.05, 0.1) is 0 Å². The Morgan fingerprint density at radius 3 is 2.61 bits per heavy atom. The zero-order chi connectivity index (χ0) is 13.9. The summed E-state index contributed by atoms with van der Waals surface area (Å²) in [5.41, 5.74) is 0.288. The van der Waals surface area contributed by atoms with E-state index in [1.54, 1.807) is 6.20 Å². The van der Waals surface area contributed by atoms with Gasteiger partial charge in [-0.25, -0.2) is 14.7 Å². The predicted molar refractivity (Wildman–Crippen MR) is 76.5 cm³/mol. The lowest BCUT2D eigenvalue weighted by Crippen LogP contribution is -2.35. The Kier molecular flexibility index (Phi) is 4.51. The number of carbonyl (C=O) groups excluding carboxylic acids is 1. The first-order chi connectivity index (χ1) is 8.30. The van der Waals surface area contributed by atoms with Crippen molar-refractivity contribution < 1.29 is 9.53 Å². The zero-order valence-electron chi connectivity index (χ0n) is 11.0. The number of halogens is 1. The van der Waals surface area contributed by atoms with Crippen LogP contribution in [0.4, 0.5) is 4.79 Å². The van der Waals surface area contributed by atoms with Gasteiger partial charge >= 0.3 is 6.09 Å². The van der Waals surface area contributed by atoms with Gasteiger partial charge in [0.25, 0.3) is 0 Å². The molecule has 1 rings (SSSR count). The number of nitrogens with zero attached hydrogens (tertiary/aromatic N) is 2. The highest BCUT2D eigenvalue weighted by Gasteiger charge is 2.31. The number of amidine groups is 1. The molecule has 0 bridgehead atoms. The predicted octanol–water partition coefficient (Wildman–Crippen LogP) is 3.96. The molecule has 18 heavy (non-hydrogen) atoms. The Labute approximate surface area is 116 Å². The van der Waals surface area contributed by atoms with Crippen molar-refractivity contribution in [2.45, 2.75) is 33.3 Å². The molecule has 1 aliphatic heterocycles. The molecule has 0 atom stereocenters. The molecule has 0 aromatic carbocycles. The third-order valence-corrected chi connectivity index (χ3v) is 2.69. The van der Waals surface area contributed by atoms with Crippen LogP contribution in [0.1, 0.15) is 27.7 Å². The smallest absolute Gasteiger partial charge is 0.420 e. The Morgan fingerprint density at radius 1 is 1.56 bits per heavy atom. The van der Waals surface area contributed by atoms with Gasteiger partial charge in [0.2, 0.25) is 0 Å². The van der Waals surface area contributed by atoms with Gasteiger partial charge in [-0.3, -0.25) is 0 Å². The summed E-state index contributed by atoms with van der Waals surface area (Å²) in [6, 6.07) is 0. The summed E-state index contributed by atoms with van der Waals surface area (Å²) in [6.07, 6.45) is 4.45. The summed E-state index contributed by atoms with van der Waals surface area (Å²) in [5.74, 6) is 0.508. The highest BCUT2D eigenvalue weighted by molar-refractivity contribution is 9.12. The first-order valence-electron chi connectivity index (χ1n) is 5.55. The fourth-order valence-electron chi connectivity index (χ4n) is 1.42. The fourth-order valence-corrected chi connectivity index (χ4v) is 2.03. The molecule has 0 saturated heterocycles. The molecule has 0 aromatic rings. The lowest BCUT2D eigenvalue weighted by molar-refractivity contribution is 0.0429. The highest BCUT2D eigenvalue weighted by atomic mass is 79.9. The molecule has 0 fully saturated rings. The third-order valence-electron chi connectivity index (χ3n) is 2.06. The molecule has 5 heteroatoms. The minimum absolute atomic E-state index is 0.461. The molecule has 1 heterocycles. The second-order valence-electron chi connectivity index (χ2n) is 4.67. The maximum atomic E-state index is 12.0. The Bertz CT molecular complexity index is 456. The average Bonchev–Trinajstić information content (AvgIpc) is 2.53. The number of allylic oxidation sites excluding steroid dienone is 1. The molecule has 0 aliphatic carbocycles. The summed E-state index contributed by atoms with van der Waals surface area (Å²) < 4.78 is 6.11. The Morgan fingerprint density at radius 2 is 2.17 bits per heavy atom. The van der Waals surface area contributed by atoms with E-state index in [-0.39, 0.29) is 0 Å². The lowest BCUT2D eigenvalue weighted by atomic mass is 10.2. The standard InChI is InChI=1S/C13H17BrN2O2/c1-6-9-10(14)8-16(11(9)15-7-2)12(17)18-13(3,4)5/h6-8H,2H2,1,3-5H3/b9-6-,15-11+. The van der Waals surface area contributed by atoms with Crippen LogP contribution in [-0.2, 0) is 4.74 Å². The molecule has 4 nitrogen and oxygen atoms in total. The fraction of sp³-hybridized carbons (Fsp3) is 0.385. The maximum absolute atomic E-state index is 12.0. The van der Waals surface area contributed by atoms with Crippen molar-refractivity contribution in [3.05, 3.63) is 35.1 Å². The van der Waals surface area contributed by atoms with Crippen LogP contribution in [0.25, 0.3) is 0 Å². The number of carbonyl (C=O) groups is 1. The Hall–Kier alpha value is -1.36. The van der Waals surface area contributed by atoms with E-state index in [0.717, 1.165) is 10.1 Å². The van der Waals surface area contributed by atoms with Gasteiger partial charge in [0, 0.05) is 22.5 Å². The van der Waals surface area contributed by atoms with Gasteiger partial charge in [0.15, 0.2) is 0 Å². The molecule has 0 spiro atoms. The normalized spacial score (nSPS) is 20.3. The SMILES string of the molecule is C=C/N=C1\C(=C/C)C(Br)=CN1C(=O)OC(C)(C)C. The van der Waals surface area contributed by atoms with Crippen molar-refractivity contribution in [3.8, 4) is 0 Å². The number of ether oxygens (including phenoxy) is 1. The van der Waals surface area contributed by atoms with Crippen LogP contribution in [0.3, 0.4) is 0 Å². The summed E-state index contributed by atoms with van der Waals surface area (Å²) >= 11 is 3.39. The van der Waals surface area contributed by atoms with Crippen molar-refractivity contribution in [2.75, 3.05) is 0 Å². The van der Waals surface area contributed by atoms with Crippen LogP contribution in [0.5, 0.6) is 0 Å². The number of amides is 1. The van der Waals surface area contributed by atoms with Crippen LogP contribution in [-0.4, -0.2) is 22.4 Å². The lowest BCUT2D eigenvalue weighted by Gasteiger charge is -2.23. The molecular weight excluding hydrogens is 296 g/mol. The van der Waals surface area contributed by atoms with E-state index in [9.17, 15) is 4.79 Å². The molecule has 1 amide bonds. The van der Waals surface area contributed by atoms with Crippen LogP contribution in [0.15, 0.2) is 40.1 Å². The molecular formula is C13H17BrN2O2. The van der Waals surface area contributed by atoms with E-state index in [0.29, 0.717) is 5.84 Å². The van der Waals surface area contributed by atoms with E-state index in [1.165, 1.54) is 11.1 Å². The Balaban J connectivity index is 3.06. The first-order valence-corrected chi connectivity index (χ1v) is 6.34. The van der Waals surface area contributed by atoms with E-state index in [1.807, 2.05) is 33.8 Å². The quantitative estimate of drug-likeness (QED) is 0.735. The molecule has 0 saturated carbocycles. The first kappa shape index (κ1) is 14.7. The van der Waals surface area contributed by atoms with E-state index < -0.39 is 11.7 Å². The molecule has 98 valence electrons. The van der Waals surface area contributed by atoms with Gasteiger partial charge in [-0.15, -0.1) is 0 Å². The van der Waals surface area contributed by atoms with E-state index in [2.05, 4.69) is 27.5 Å². The number of hydrogen-bond donors (Lipinski definition) is 0. The van der Waals surface area contributed by atoms with Crippen LogP contribution >= 0.6 is 15.9 Å². The van der Waals surface area contributed by atoms with Gasteiger partial charge in [0.1, 0.15) is 11.4 Å². The second kappa shape index (κ2) is 5.52. The van der Waals surface area contributed by atoms with E-state index >= 15 is 0 Å². The van der Waals surface area contributed by atoms with Crippen molar-refractivity contribution in [2.24, 2.45) is 4.99 Å². The van der Waals surface area contributed by atoms with Crippen molar-refractivity contribution in [3.63, 3.8) is 0 Å². The number of aliphatic imine (C=N–C) groups is 1. The largest absolute Gasteiger partial charge is 0.443 e. The summed E-state index contributed by atoms with van der Waals surface area (Å²) in [4.78, 5) is 17.5. The van der Waals surface area contributed by atoms with Crippen LogP contribution in [0, 0.1) is 0 Å². The summed E-state index contributed by atoms with van der Waals surface area (Å²) in [5, 5.41) is 0. The molecule has 0 radical (unpaired) electrons. The van der Waals surface area contributed by atoms with Gasteiger partial charge < -0.3 is 4.74 Å². The topological polar surface area (TPSA) is 41.9 Å². The molecule has 0 N–H and O–H groups in total. The van der Waals surface area contributed by atoms with Crippen molar-refractivity contribution >= 4 is 27.9 Å².